The molecule has 0 atom stereocenters. The van der Waals surface area contributed by atoms with Gasteiger partial charge in [-0.2, -0.15) is 5.10 Å². The summed E-state index contributed by atoms with van der Waals surface area (Å²) in [6, 6.07) is 0. The van der Waals surface area contributed by atoms with Gasteiger partial charge in [0.15, 0.2) is 0 Å². The van der Waals surface area contributed by atoms with Crippen LogP contribution in [0.4, 0.5) is 5.69 Å². The molecule has 0 fully saturated rings. The molecule has 0 aliphatic heterocycles. The molecule has 0 saturated carbocycles. The molecule has 0 unspecified atom stereocenters. The second-order valence-corrected chi connectivity index (χ2v) is 4.37. The Balaban J connectivity index is 2.43. The lowest BCUT2D eigenvalue weighted by atomic mass is 10.3. The normalized spacial score (nSPS) is 10.3. The summed E-state index contributed by atoms with van der Waals surface area (Å²) in [6.45, 7) is 6.21. The lowest BCUT2D eigenvalue weighted by Gasteiger charge is -2.07. The second kappa shape index (κ2) is 6.77. The van der Waals surface area contributed by atoms with E-state index >= 15 is 0 Å². The summed E-state index contributed by atoms with van der Waals surface area (Å²) < 4.78 is 1.53. The zero-order valence-corrected chi connectivity index (χ0v) is 11.6. The Labute approximate surface area is 112 Å². The molecule has 0 saturated heterocycles. The molecule has 7 nitrogen and oxygen atoms in total. The van der Waals surface area contributed by atoms with Crippen LogP contribution in [0, 0.1) is 13.8 Å². The first-order valence-corrected chi connectivity index (χ1v) is 6.28. The van der Waals surface area contributed by atoms with E-state index in [1.54, 1.807) is 13.8 Å². The SMILES string of the molecule is CCCNC(=O)CNC(=O)Cn1nc(C)c(N)c1C. The maximum absolute atomic E-state index is 11.7. The highest BCUT2D eigenvalue weighted by atomic mass is 16.2. The molecular formula is C12H21N5O2. The number of aromatic nitrogens is 2. The molecule has 2 amide bonds. The number of nitrogen functional groups attached to an aromatic ring is 1. The van der Waals surface area contributed by atoms with E-state index in [0.717, 1.165) is 12.1 Å². The Morgan fingerprint density at radius 3 is 2.47 bits per heavy atom. The molecule has 106 valence electrons. The minimum atomic E-state index is -0.266. The van der Waals surface area contributed by atoms with Crippen LogP contribution in [0.25, 0.3) is 0 Å². The van der Waals surface area contributed by atoms with Gasteiger partial charge in [0.25, 0.3) is 0 Å². The van der Waals surface area contributed by atoms with Crippen LogP contribution in [0.1, 0.15) is 24.7 Å². The summed E-state index contributed by atoms with van der Waals surface area (Å²) in [5.41, 5.74) is 7.82. The number of amides is 2. The maximum Gasteiger partial charge on any atom is 0.242 e. The van der Waals surface area contributed by atoms with Crippen LogP contribution in [0.3, 0.4) is 0 Å². The van der Waals surface area contributed by atoms with Crippen molar-refractivity contribution in [3.63, 3.8) is 0 Å². The van der Waals surface area contributed by atoms with Gasteiger partial charge in [0.05, 0.1) is 23.6 Å². The van der Waals surface area contributed by atoms with Gasteiger partial charge in [0, 0.05) is 6.54 Å². The van der Waals surface area contributed by atoms with Gasteiger partial charge in [-0.15, -0.1) is 0 Å². The number of nitrogens with one attached hydrogen (secondary N) is 2. The Bertz CT molecular complexity index is 467. The first kappa shape index (κ1) is 15.0. The Kier molecular flexibility index (Phi) is 5.35. The number of rotatable bonds is 6. The van der Waals surface area contributed by atoms with Crippen LogP contribution < -0.4 is 16.4 Å². The summed E-state index contributed by atoms with van der Waals surface area (Å²) >= 11 is 0. The quantitative estimate of drug-likeness (QED) is 0.660. The average molecular weight is 267 g/mol. The van der Waals surface area contributed by atoms with Crippen molar-refractivity contribution in [3.05, 3.63) is 11.4 Å². The molecule has 1 rings (SSSR count). The predicted molar refractivity (Wildman–Crippen MR) is 72.4 cm³/mol. The average Bonchev–Trinajstić information content (AvgIpc) is 2.61. The fourth-order valence-corrected chi connectivity index (χ4v) is 1.56. The minimum absolute atomic E-state index is 0.0202. The highest BCUT2D eigenvalue weighted by Gasteiger charge is 2.11. The molecule has 0 aromatic carbocycles. The van der Waals surface area contributed by atoms with Crippen LogP contribution in [0.5, 0.6) is 0 Å². The van der Waals surface area contributed by atoms with Gasteiger partial charge in [0.1, 0.15) is 6.54 Å². The van der Waals surface area contributed by atoms with Gasteiger partial charge in [-0.05, 0) is 20.3 Å². The molecular weight excluding hydrogens is 246 g/mol. The summed E-state index contributed by atoms with van der Waals surface area (Å²) in [5, 5.41) is 9.38. The van der Waals surface area contributed by atoms with Crippen molar-refractivity contribution in [1.29, 1.82) is 0 Å². The number of carbonyl (C=O) groups is 2. The third-order valence-corrected chi connectivity index (χ3v) is 2.75. The van der Waals surface area contributed by atoms with Gasteiger partial charge in [-0.1, -0.05) is 6.92 Å². The molecule has 19 heavy (non-hydrogen) atoms. The standard InChI is InChI=1S/C12H21N5O2/c1-4-5-14-10(18)6-15-11(19)7-17-9(3)12(13)8(2)16-17/h4-7,13H2,1-3H3,(H,14,18)(H,15,19). The maximum atomic E-state index is 11.7. The number of nitrogens with two attached hydrogens (primary N) is 1. The fourth-order valence-electron chi connectivity index (χ4n) is 1.56. The van der Waals surface area contributed by atoms with Gasteiger partial charge in [-0.3, -0.25) is 14.3 Å². The molecule has 0 aliphatic rings. The van der Waals surface area contributed by atoms with Crippen molar-refractivity contribution in [3.8, 4) is 0 Å². The molecule has 0 aliphatic carbocycles. The lowest BCUT2D eigenvalue weighted by Crippen LogP contribution is -2.38. The Morgan fingerprint density at radius 2 is 1.95 bits per heavy atom. The first-order chi connectivity index (χ1) is 8.95. The van der Waals surface area contributed by atoms with E-state index in [1.165, 1.54) is 4.68 Å². The van der Waals surface area contributed by atoms with E-state index in [9.17, 15) is 9.59 Å². The van der Waals surface area contributed by atoms with Crippen molar-refractivity contribution in [2.45, 2.75) is 33.7 Å². The van der Waals surface area contributed by atoms with Crippen molar-refractivity contribution in [1.82, 2.24) is 20.4 Å². The predicted octanol–water partition coefficient (Wildman–Crippen LogP) is -0.275. The van der Waals surface area contributed by atoms with Gasteiger partial charge in [-0.25, -0.2) is 0 Å². The summed E-state index contributed by atoms with van der Waals surface area (Å²) in [5.74, 6) is -0.458. The van der Waals surface area contributed by atoms with E-state index in [0.29, 0.717) is 17.9 Å². The molecule has 1 aromatic heterocycles. The zero-order chi connectivity index (χ0) is 14.4. The molecule has 1 heterocycles. The van der Waals surface area contributed by atoms with E-state index in [4.69, 9.17) is 5.73 Å². The third-order valence-electron chi connectivity index (χ3n) is 2.75. The molecule has 0 spiro atoms. The van der Waals surface area contributed by atoms with Crippen molar-refractivity contribution in [2.75, 3.05) is 18.8 Å². The second-order valence-electron chi connectivity index (χ2n) is 4.37. The molecule has 4 N–H and O–H groups in total. The number of hydrogen-bond donors (Lipinski definition) is 3. The van der Waals surface area contributed by atoms with E-state index in [2.05, 4.69) is 15.7 Å². The van der Waals surface area contributed by atoms with Crippen molar-refractivity contribution in [2.24, 2.45) is 0 Å². The third kappa shape index (κ3) is 4.27. The van der Waals surface area contributed by atoms with E-state index in [-0.39, 0.29) is 24.9 Å². The lowest BCUT2D eigenvalue weighted by molar-refractivity contribution is -0.126. The van der Waals surface area contributed by atoms with E-state index < -0.39 is 0 Å². The summed E-state index contributed by atoms with van der Waals surface area (Å²) in [6.07, 6.45) is 0.866. The molecule has 0 bridgehead atoms. The summed E-state index contributed by atoms with van der Waals surface area (Å²) in [7, 11) is 0. The van der Waals surface area contributed by atoms with Gasteiger partial charge < -0.3 is 16.4 Å². The van der Waals surface area contributed by atoms with Crippen LogP contribution in [0.2, 0.25) is 0 Å². The van der Waals surface area contributed by atoms with Crippen molar-refractivity contribution >= 4 is 17.5 Å². The largest absolute Gasteiger partial charge is 0.396 e. The first-order valence-electron chi connectivity index (χ1n) is 6.28. The molecule has 1 aromatic rings. The van der Waals surface area contributed by atoms with Crippen LogP contribution in [-0.4, -0.2) is 34.7 Å². The number of aryl methyl sites for hydroxylation is 1. The monoisotopic (exact) mass is 267 g/mol. The Morgan fingerprint density at radius 1 is 1.26 bits per heavy atom. The highest BCUT2D eigenvalue weighted by molar-refractivity contribution is 5.84. The molecule has 7 heteroatoms. The van der Waals surface area contributed by atoms with Crippen LogP contribution in [-0.2, 0) is 16.1 Å². The minimum Gasteiger partial charge on any atom is -0.396 e. The van der Waals surface area contributed by atoms with Crippen LogP contribution >= 0.6 is 0 Å². The zero-order valence-electron chi connectivity index (χ0n) is 11.6. The summed E-state index contributed by atoms with van der Waals surface area (Å²) in [4.78, 5) is 23.0. The highest BCUT2D eigenvalue weighted by Crippen LogP contribution is 2.14. The number of hydrogen-bond acceptors (Lipinski definition) is 4. The fraction of sp³-hybridized carbons (Fsp3) is 0.583. The van der Waals surface area contributed by atoms with E-state index in [1.807, 2.05) is 6.92 Å². The Hall–Kier alpha value is -2.05. The van der Waals surface area contributed by atoms with Gasteiger partial charge in [0.2, 0.25) is 11.8 Å². The van der Waals surface area contributed by atoms with Crippen molar-refractivity contribution < 1.29 is 9.59 Å². The number of anilines is 1. The molecule has 0 radical (unpaired) electrons. The van der Waals surface area contributed by atoms with Crippen LogP contribution in [0.15, 0.2) is 0 Å². The number of carbonyl (C=O) groups excluding carboxylic acids is 2. The topological polar surface area (TPSA) is 102 Å². The van der Waals surface area contributed by atoms with Gasteiger partial charge >= 0.3 is 0 Å². The smallest absolute Gasteiger partial charge is 0.242 e. The number of nitrogens with zero attached hydrogens (tertiary/aromatic N) is 2.